The zero-order valence-electron chi connectivity index (χ0n) is 16.7. The van der Waals surface area contributed by atoms with Gasteiger partial charge in [-0.1, -0.05) is 12.1 Å². The fraction of sp³-hybridized carbons (Fsp3) is 0.318. The minimum Gasteiger partial charge on any atom is -0.481 e. The molecule has 30 heavy (non-hydrogen) atoms. The number of pyridine rings is 2. The molecule has 0 unspecified atom stereocenters. The van der Waals surface area contributed by atoms with Gasteiger partial charge in [0.05, 0.1) is 22.7 Å². The highest BCUT2D eigenvalue weighted by molar-refractivity contribution is 7.24. The van der Waals surface area contributed by atoms with Crippen molar-refractivity contribution in [2.24, 2.45) is 0 Å². The smallest absolute Gasteiger partial charge is 0.258 e. The SMILES string of the molecule is COc1ccc2c(=O)c(C(=O)NCCN3CCCC3)c3sc4ccccc4n3c2n1. The fourth-order valence-electron chi connectivity index (χ4n) is 4.11. The molecule has 4 heterocycles. The normalized spacial score (nSPS) is 14.7. The number of ether oxygens (including phenoxy) is 1. The molecule has 0 aliphatic carbocycles. The third-order valence-electron chi connectivity index (χ3n) is 5.61. The van der Waals surface area contributed by atoms with E-state index in [0.717, 1.165) is 29.9 Å². The van der Waals surface area contributed by atoms with Crippen LogP contribution in [0.2, 0.25) is 0 Å². The van der Waals surface area contributed by atoms with E-state index in [-0.39, 0.29) is 16.9 Å². The van der Waals surface area contributed by atoms with Gasteiger partial charge in [-0.25, -0.2) is 0 Å². The highest BCUT2D eigenvalue weighted by Gasteiger charge is 2.23. The molecule has 7 nitrogen and oxygen atoms in total. The van der Waals surface area contributed by atoms with Crippen LogP contribution < -0.4 is 15.5 Å². The van der Waals surface area contributed by atoms with Gasteiger partial charge in [0.25, 0.3) is 5.91 Å². The molecule has 3 aromatic heterocycles. The molecule has 154 valence electrons. The van der Waals surface area contributed by atoms with Crippen molar-refractivity contribution in [1.29, 1.82) is 0 Å². The average Bonchev–Trinajstić information content (AvgIpc) is 3.41. The molecule has 1 fully saturated rings. The van der Waals surface area contributed by atoms with Crippen LogP contribution in [0.25, 0.3) is 26.1 Å². The Morgan fingerprint density at radius 1 is 1.20 bits per heavy atom. The minimum atomic E-state index is -0.332. The molecule has 5 rings (SSSR count). The summed E-state index contributed by atoms with van der Waals surface area (Å²) in [6, 6.07) is 11.2. The summed E-state index contributed by atoms with van der Waals surface area (Å²) >= 11 is 1.43. The van der Waals surface area contributed by atoms with Gasteiger partial charge in [0.2, 0.25) is 11.3 Å². The first-order valence-corrected chi connectivity index (χ1v) is 10.9. The summed E-state index contributed by atoms with van der Waals surface area (Å²) < 4.78 is 8.16. The molecule has 1 saturated heterocycles. The average molecular weight is 423 g/mol. The number of carbonyl (C=O) groups excluding carboxylic acids is 1. The molecule has 0 bridgehead atoms. The second-order valence-electron chi connectivity index (χ2n) is 7.44. The highest BCUT2D eigenvalue weighted by atomic mass is 32.1. The molecule has 1 N–H and O–H groups in total. The Morgan fingerprint density at radius 3 is 2.80 bits per heavy atom. The number of likely N-dealkylation sites (tertiary alicyclic amines) is 1. The van der Waals surface area contributed by atoms with E-state index in [1.165, 1.54) is 24.2 Å². The third-order valence-corrected chi connectivity index (χ3v) is 6.76. The molecular formula is C22H22N4O3S. The minimum absolute atomic E-state index is 0.178. The van der Waals surface area contributed by atoms with Crippen molar-refractivity contribution < 1.29 is 9.53 Å². The van der Waals surface area contributed by atoms with Gasteiger partial charge in [-0.05, 0) is 44.1 Å². The van der Waals surface area contributed by atoms with Crippen molar-refractivity contribution in [1.82, 2.24) is 19.6 Å². The first kappa shape index (κ1) is 19.0. The molecule has 0 radical (unpaired) electrons. The van der Waals surface area contributed by atoms with Crippen molar-refractivity contribution in [3.05, 3.63) is 52.2 Å². The van der Waals surface area contributed by atoms with Gasteiger partial charge >= 0.3 is 0 Å². The lowest BCUT2D eigenvalue weighted by Crippen LogP contribution is -2.35. The first-order valence-electron chi connectivity index (χ1n) is 10.1. The maximum atomic E-state index is 13.3. The van der Waals surface area contributed by atoms with Crippen LogP contribution in [0.5, 0.6) is 5.88 Å². The maximum Gasteiger partial charge on any atom is 0.258 e. The summed E-state index contributed by atoms with van der Waals surface area (Å²) in [7, 11) is 1.54. The molecular weight excluding hydrogens is 400 g/mol. The Kier molecular flexibility index (Phi) is 4.88. The number of hydrogen-bond donors (Lipinski definition) is 1. The molecule has 0 spiro atoms. The number of para-hydroxylation sites is 1. The van der Waals surface area contributed by atoms with E-state index >= 15 is 0 Å². The molecule has 8 heteroatoms. The molecule has 1 aliphatic rings. The van der Waals surface area contributed by atoms with E-state index in [4.69, 9.17) is 4.74 Å². The van der Waals surface area contributed by atoms with Gasteiger partial charge in [0, 0.05) is 19.2 Å². The van der Waals surface area contributed by atoms with Crippen LogP contribution in [0.4, 0.5) is 0 Å². The second-order valence-corrected chi connectivity index (χ2v) is 8.47. The number of nitrogens with zero attached hydrogens (tertiary/aromatic N) is 3. The number of hydrogen-bond acceptors (Lipinski definition) is 6. The van der Waals surface area contributed by atoms with E-state index in [1.807, 2.05) is 28.7 Å². The maximum absolute atomic E-state index is 13.3. The monoisotopic (exact) mass is 422 g/mol. The number of aromatic nitrogens is 2. The number of methoxy groups -OCH3 is 1. The summed E-state index contributed by atoms with van der Waals surface area (Å²) in [6.45, 7) is 3.47. The predicted octanol–water partition coefficient (Wildman–Crippen LogP) is 2.90. The lowest BCUT2D eigenvalue weighted by molar-refractivity contribution is 0.0950. The lowest BCUT2D eigenvalue weighted by atomic mass is 10.1. The van der Waals surface area contributed by atoms with Gasteiger partial charge in [0.1, 0.15) is 10.4 Å². The zero-order chi connectivity index (χ0) is 20.7. The van der Waals surface area contributed by atoms with Gasteiger partial charge in [0.15, 0.2) is 5.65 Å². The van der Waals surface area contributed by atoms with Crippen LogP contribution in [0, 0.1) is 0 Å². The van der Waals surface area contributed by atoms with Crippen LogP contribution in [-0.4, -0.2) is 53.5 Å². The summed E-state index contributed by atoms with van der Waals surface area (Å²) in [5, 5.41) is 3.36. The Morgan fingerprint density at radius 2 is 2.00 bits per heavy atom. The van der Waals surface area contributed by atoms with E-state index in [9.17, 15) is 9.59 Å². The Labute approximate surface area is 176 Å². The first-order chi connectivity index (χ1) is 14.7. The van der Waals surface area contributed by atoms with Crippen molar-refractivity contribution in [2.75, 3.05) is 33.3 Å². The fourth-order valence-corrected chi connectivity index (χ4v) is 5.29. The summed E-state index contributed by atoms with van der Waals surface area (Å²) in [6.07, 6.45) is 2.41. The van der Waals surface area contributed by atoms with Crippen LogP contribution >= 0.6 is 11.3 Å². The van der Waals surface area contributed by atoms with Crippen molar-refractivity contribution >= 4 is 43.3 Å². The van der Waals surface area contributed by atoms with Crippen LogP contribution in [0.3, 0.4) is 0 Å². The summed E-state index contributed by atoms with van der Waals surface area (Å²) in [5.74, 6) is 0.0924. The number of rotatable bonds is 5. The standard InChI is InChI=1S/C22H22N4O3S/c1-29-17-9-8-14-19(27)18(21(28)23-10-13-25-11-4-5-12-25)22-26(20(14)24-17)15-6-2-3-7-16(15)30-22/h2-3,6-9H,4-5,10-13H2,1H3,(H,23,28). The topological polar surface area (TPSA) is 75.9 Å². The Balaban J connectivity index is 1.65. The highest BCUT2D eigenvalue weighted by Crippen LogP contribution is 2.31. The molecule has 0 saturated carbocycles. The number of thiazole rings is 1. The third kappa shape index (κ3) is 3.12. The summed E-state index contributed by atoms with van der Waals surface area (Å²) in [4.78, 5) is 33.9. The van der Waals surface area contributed by atoms with Crippen LogP contribution in [-0.2, 0) is 0 Å². The van der Waals surface area contributed by atoms with Crippen LogP contribution in [0.1, 0.15) is 23.2 Å². The molecule has 4 aromatic rings. The molecule has 1 amide bonds. The van der Waals surface area contributed by atoms with Gasteiger partial charge in [-0.3, -0.25) is 14.0 Å². The van der Waals surface area contributed by atoms with E-state index < -0.39 is 0 Å². The second kappa shape index (κ2) is 7.70. The van der Waals surface area contributed by atoms with E-state index in [2.05, 4.69) is 15.2 Å². The number of fused-ring (bicyclic) bond motifs is 5. The van der Waals surface area contributed by atoms with Crippen LogP contribution in [0.15, 0.2) is 41.2 Å². The molecule has 1 aromatic carbocycles. The summed E-state index contributed by atoms with van der Waals surface area (Å²) in [5.41, 5.74) is 1.29. The predicted molar refractivity (Wildman–Crippen MR) is 119 cm³/mol. The molecule has 1 aliphatic heterocycles. The largest absolute Gasteiger partial charge is 0.481 e. The number of nitrogens with one attached hydrogen (secondary N) is 1. The van der Waals surface area contributed by atoms with Gasteiger partial charge < -0.3 is 15.0 Å². The molecule has 0 atom stereocenters. The lowest BCUT2D eigenvalue weighted by Gasteiger charge is -2.15. The van der Waals surface area contributed by atoms with Crippen molar-refractivity contribution in [2.45, 2.75) is 12.8 Å². The Bertz CT molecular complexity index is 1320. The van der Waals surface area contributed by atoms with E-state index in [1.54, 1.807) is 19.2 Å². The van der Waals surface area contributed by atoms with Crippen molar-refractivity contribution in [3.63, 3.8) is 0 Å². The zero-order valence-corrected chi connectivity index (χ0v) is 17.5. The van der Waals surface area contributed by atoms with Gasteiger partial charge in [-0.15, -0.1) is 11.3 Å². The van der Waals surface area contributed by atoms with E-state index in [0.29, 0.717) is 28.3 Å². The number of benzene rings is 1. The number of amides is 1. The van der Waals surface area contributed by atoms with Crippen molar-refractivity contribution in [3.8, 4) is 5.88 Å². The Hall–Kier alpha value is -2.97. The quantitative estimate of drug-likeness (QED) is 0.535. The van der Waals surface area contributed by atoms with Gasteiger partial charge in [-0.2, -0.15) is 4.98 Å². The number of carbonyl (C=O) groups is 1.